The molecular formula is C12H12N6O. The first-order chi connectivity index (χ1) is 9.33. The molecule has 2 heterocycles. The molecule has 1 aromatic carbocycles. The number of nitrogens with zero attached hydrogens (tertiary/aromatic N) is 4. The van der Waals surface area contributed by atoms with Crippen LogP contribution in [0.5, 0.6) is 0 Å². The summed E-state index contributed by atoms with van der Waals surface area (Å²) in [5, 5.41) is 10.2. The molecule has 0 saturated carbocycles. The summed E-state index contributed by atoms with van der Waals surface area (Å²) >= 11 is 0. The van der Waals surface area contributed by atoms with Gasteiger partial charge in [-0.1, -0.05) is 35.5 Å². The number of hydrogen-bond donors (Lipinski definition) is 2. The predicted octanol–water partition coefficient (Wildman–Crippen LogP) is 1.10. The molecule has 0 fully saturated rings. The van der Waals surface area contributed by atoms with Crippen LogP contribution in [0.25, 0.3) is 11.6 Å². The van der Waals surface area contributed by atoms with Gasteiger partial charge < -0.3 is 10.3 Å². The molecule has 0 aliphatic carbocycles. The normalized spacial score (nSPS) is 12.5. The van der Waals surface area contributed by atoms with Crippen LogP contribution in [0.3, 0.4) is 0 Å². The van der Waals surface area contributed by atoms with Crippen molar-refractivity contribution >= 4 is 0 Å². The average Bonchev–Trinajstić information content (AvgIpc) is 3.11. The van der Waals surface area contributed by atoms with Crippen molar-refractivity contribution < 1.29 is 4.52 Å². The third kappa shape index (κ3) is 2.50. The molecule has 0 amide bonds. The van der Waals surface area contributed by atoms with E-state index in [2.05, 4.69) is 25.3 Å². The van der Waals surface area contributed by atoms with Gasteiger partial charge in [-0.25, -0.2) is 4.98 Å². The lowest BCUT2D eigenvalue weighted by atomic mass is 10.1. The summed E-state index contributed by atoms with van der Waals surface area (Å²) in [5.41, 5.74) is 7.17. The zero-order valence-corrected chi connectivity index (χ0v) is 10.0. The van der Waals surface area contributed by atoms with Crippen LogP contribution in [0, 0.1) is 0 Å². The first-order valence-corrected chi connectivity index (χ1v) is 5.82. The Kier molecular flexibility index (Phi) is 3.03. The van der Waals surface area contributed by atoms with E-state index >= 15 is 0 Å². The Morgan fingerprint density at radius 1 is 1.26 bits per heavy atom. The highest BCUT2D eigenvalue weighted by molar-refractivity contribution is 5.39. The van der Waals surface area contributed by atoms with Gasteiger partial charge in [-0.05, 0) is 12.0 Å². The van der Waals surface area contributed by atoms with Crippen molar-refractivity contribution in [3.05, 3.63) is 48.1 Å². The number of nitrogens with two attached hydrogens (primary N) is 1. The zero-order valence-electron chi connectivity index (χ0n) is 10.0. The number of nitrogens with one attached hydrogen (secondary N) is 1. The molecule has 3 rings (SSSR count). The molecule has 0 radical (unpaired) electrons. The second-order valence-electron chi connectivity index (χ2n) is 4.09. The Morgan fingerprint density at radius 3 is 2.84 bits per heavy atom. The van der Waals surface area contributed by atoms with Crippen molar-refractivity contribution in [2.75, 3.05) is 0 Å². The van der Waals surface area contributed by atoms with E-state index in [-0.39, 0.29) is 6.04 Å². The van der Waals surface area contributed by atoms with E-state index in [1.165, 1.54) is 6.33 Å². The highest BCUT2D eigenvalue weighted by Crippen LogP contribution is 2.17. The minimum atomic E-state index is -0.341. The number of H-pyrrole nitrogens is 1. The van der Waals surface area contributed by atoms with Crippen molar-refractivity contribution in [1.82, 2.24) is 25.3 Å². The summed E-state index contributed by atoms with van der Waals surface area (Å²) in [6.07, 6.45) is 2.02. The lowest BCUT2D eigenvalue weighted by molar-refractivity contribution is 0.354. The van der Waals surface area contributed by atoms with Gasteiger partial charge in [0.25, 0.3) is 0 Å². The number of aromatic nitrogens is 5. The minimum Gasteiger partial charge on any atom is -0.337 e. The molecule has 0 aliphatic rings. The molecule has 7 heteroatoms. The molecule has 3 aromatic rings. The van der Waals surface area contributed by atoms with E-state index in [9.17, 15) is 0 Å². The average molecular weight is 256 g/mol. The van der Waals surface area contributed by atoms with E-state index in [4.69, 9.17) is 10.3 Å². The Labute approximate surface area is 108 Å². The highest BCUT2D eigenvalue weighted by atomic mass is 16.5. The molecule has 0 bridgehead atoms. The quantitative estimate of drug-likeness (QED) is 0.723. The second-order valence-corrected chi connectivity index (χ2v) is 4.09. The van der Waals surface area contributed by atoms with Gasteiger partial charge in [0.2, 0.25) is 11.7 Å². The monoisotopic (exact) mass is 256 g/mol. The Morgan fingerprint density at radius 2 is 2.11 bits per heavy atom. The number of benzene rings is 1. The fourth-order valence-corrected chi connectivity index (χ4v) is 1.75. The lowest BCUT2D eigenvalue weighted by Gasteiger charge is -2.05. The Balaban J connectivity index is 1.76. The number of rotatable bonds is 4. The van der Waals surface area contributed by atoms with Gasteiger partial charge in [-0.15, -0.1) is 0 Å². The molecule has 1 atom stereocenters. The van der Waals surface area contributed by atoms with Crippen LogP contribution in [0.4, 0.5) is 0 Å². The zero-order chi connectivity index (χ0) is 13.1. The topological polar surface area (TPSA) is 107 Å². The van der Waals surface area contributed by atoms with E-state index in [1.807, 2.05) is 30.3 Å². The Bertz CT molecular complexity index is 633. The SMILES string of the molecule is NC(Cc1ccccc1)c1nc(-c2ncn[nH]2)no1. The fourth-order valence-electron chi connectivity index (χ4n) is 1.75. The number of aromatic amines is 1. The van der Waals surface area contributed by atoms with Gasteiger partial charge in [0.1, 0.15) is 6.33 Å². The smallest absolute Gasteiger partial charge is 0.244 e. The third-order valence-corrected chi connectivity index (χ3v) is 2.68. The summed E-state index contributed by atoms with van der Waals surface area (Å²) in [6.45, 7) is 0. The van der Waals surface area contributed by atoms with Gasteiger partial charge in [0, 0.05) is 0 Å². The molecule has 7 nitrogen and oxygen atoms in total. The van der Waals surface area contributed by atoms with E-state index < -0.39 is 0 Å². The maximum atomic E-state index is 6.05. The van der Waals surface area contributed by atoms with Crippen LogP contribution in [0.15, 0.2) is 41.2 Å². The van der Waals surface area contributed by atoms with Gasteiger partial charge in [-0.2, -0.15) is 10.1 Å². The third-order valence-electron chi connectivity index (χ3n) is 2.68. The van der Waals surface area contributed by atoms with Crippen LogP contribution >= 0.6 is 0 Å². The molecule has 19 heavy (non-hydrogen) atoms. The Hall–Kier alpha value is -2.54. The van der Waals surface area contributed by atoms with E-state index in [0.29, 0.717) is 24.0 Å². The van der Waals surface area contributed by atoms with Crippen LogP contribution < -0.4 is 5.73 Å². The van der Waals surface area contributed by atoms with Gasteiger partial charge >= 0.3 is 0 Å². The largest absolute Gasteiger partial charge is 0.337 e. The molecule has 1 unspecified atom stereocenters. The second kappa shape index (κ2) is 4.99. The predicted molar refractivity (Wildman–Crippen MR) is 66.7 cm³/mol. The van der Waals surface area contributed by atoms with Crippen LogP contribution in [0.2, 0.25) is 0 Å². The van der Waals surface area contributed by atoms with Gasteiger partial charge in [-0.3, -0.25) is 5.10 Å². The lowest BCUT2D eigenvalue weighted by Crippen LogP contribution is -2.13. The maximum absolute atomic E-state index is 6.05. The van der Waals surface area contributed by atoms with Crippen molar-refractivity contribution in [2.45, 2.75) is 12.5 Å². The molecule has 96 valence electrons. The first kappa shape index (κ1) is 11.5. The fraction of sp³-hybridized carbons (Fsp3) is 0.167. The standard InChI is InChI=1S/C12H12N6O/c13-9(6-8-4-2-1-3-5-8)12-16-11(18-19-12)10-14-7-15-17-10/h1-5,7,9H,6,13H2,(H,14,15,17). The maximum Gasteiger partial charge on any atom is 0.244 e. The van der Waals surface area contributed by atoms with Crippen LogP contribution in [-0.4, -0.2) is 25.3 Å². The van der Waals surface area contributed by atoms with Crippen molar-refractivity contribution in [2.24, 2.45) is 5.73 Å². The molecule has 0 aliphatic heterocycles. The van der Waals surface area contributed by atoms with Crippen molar-refractivity contribution in [1.29, 1.82) is 0 Å². The summed E-state index contributed by atoms with van der Waals surface area (Å²) in [4.78, 5) is 8.16. The van der Waals surface area contributed by atoms with Gasteiger partial charge in [0.15, 0.2) is 5.82 Å². The molecular weight excluding hydrogens is 244 g/mol. The van der Waals surface area contributed by atoms with E-state index in [1.54, 1.807) is 0 Å². The highest BCUT2D eigenvalue weighted by Gasteiger charge is 2.17. The van der Waals surface area contributed by atoms with Crippen molar-refractivity contribution in [3.63, 3.8) is 0 Å². The summed E-state index contributed by atoms with van der Waals surface area (Å²) in [5.74, 6) is 1.20. The molecule has 2 aromatic heterocycles. The summed E-state index contributed by atoms with van der Waals surface area (Å²) in [7, 11) is 0. The van der Waals surface area contributed by atoms with Crippen molar-refractivity contribution in [3.8, 4) is 11.6 Å². The summed E-state index contributed by atoms with van der Waals surface area (Å²) < 4.78 is 5.15. The first-order valence-electron chi connectivity index (χ1n) is 5.82. The minimum absolute atomic E-state index is 0.341. The molecule has 0 saturated heterocycles. The van der Waals surface area contributed by atoms with Crippen LogP contribution in [-0.2, 0) is 6.42 Å². The van der Waals surface area contributed by atoms with Gasteiger partial charge in [0.05, 0.1) is 6.04 Å². The van der Waals surface area contributed by atoms with Crippen LogP contribution in [0.1, 0.15) is 17.5 Å². The molecule has 0 spiro atoms. The molecule has 3 N–H and O–H groups in total. The summed E-state index contributed by atoms with van der Waals surface area (Å²) in [6, 6.07) is 9.57. The van der Waals surface area contributed by atoms with E-state index in [0.717, 1.165) is 5.56 Å². The number of hydrogen-bond acceptors (Lipinski definition) is 6.